The molecule has 0 spiro atoms. The zero-order valence-corrected chi connectivity index (χ0v) is 15.1. The number of hydrogen-bond acceptors (Lipinski definition) is 5. The predicted molar refractivity (Wildman–Crippen MR) is 103 cm³/mol. The lowest BCUT2D eigenvalue weighted by atomic mass is 10.0. The van der Waals surface area contributed by atoms with Crippen molar-refractivity contribution in [3.8, 4) is 0 Å². The van der Waals surface area contributed by atoms with Crippen molar-refractivity contribution in [1.29, 1.82) is 0 Å². The Balaban J connectivity index is 2.00. The van der Waals surface area contributed by atoms with Crippen LogP contribution in [0, 0.1) is 10.1 Å². The number of nitro groups is 1. The molecule has 0 unspecified atom stereocenters. The van der Waals surface area contributed by atoms with Gasteiger partial charge in [0.15, 0.2) is 0 Å². The van der Waals surface area contributed by atoms with Gasteiger partial charge in [-0.3, -0.25) is 19.7 Å². The quantitative estimate of drug-likeness (QED) is 0.353. The van der Waals surface area contributed by atoms with Crippen LogP contribution in [0.15, 0.2) is 47.6 Å². The summed E-state index contributed by atoms with van der Waals surface area (Å²) in [5, 5.41) is 17.0. The minimum Gasteiger partial charge on any atom is -0.317 e. The molecule has 0 saturated carbocycles. The standard InChI is InChI=1S/C19H20N4O4/c1-3-14-6-5-7-15(4-2)17(14)21-18(24)19(25)22-20-12-13-8-10-16(11-9-13)23(26)27/h5-12H,3-4H2,1-2H3,(H,21,24)(H,22,25)/b20-12-. The molecule has 27 heavy (non-hydrogen) atoms. The molecule has 0 aliphatic carbocycles. The van der Waals surface area contributed by atoms with E-state index in [0.29, 0.717) is 11.3 Å². The first kappa shape index (κ1) is 19.8. The lowest BCUT2D eigenvalue weighted by Crippen LogP contribution is -2.33. The number of nitro benzene ring substituents is 1. The van der Waals surface area contributed by atoms with E-state index in [9.17, 15) is 19.7 Å². The van der Waals surface area contributed by atoms with Gasteiger partial charge >= 0.3 is 11.8 Å². The predicted octanol–water partition coefficient (Wildman–Crippen LogP) is 2.81. The number of carbonyl (C=O) groups excluding carboxylic acids is 2. The first-order chi connectivity index (χ1) is 13.0. The highest BCUT2D eigenvalue weighted by molar-refractivity contribution is 6.39. The van der Waals surface area contributed by atoms with E-state index in [1.54, 1.807) is 0 Å². The van der Waals surface area contributed by atoms with Gasteiger partial charge in [-0.2, -0.15) is 5.10 Å². The molecule has 2 aromatic rings. The van der Waals surface area contributed by atoms with E-state index in [-0.39, 0.29) is 5.69 Å². The number of rotatable bonds is 6. The number of benzene rings is 2. The maximum Gasteiger partial charge on any atom is 0.329 e. The lowest BCUT2D eigenvalue weighted by molar-refractivity contribution is -0.384. The first-order valence-corrected chi connectivity index (χ1v) is 8.45. The summed E-state index contributed by atoms with van der Waals surface area (Å²) in [4.78, 5) is 34.2. The number of hydrazone groups is 1. The molecular formula is C19H20N4O4. The maximum atomic E-state index is 12.1. The van der Waals surface area contributed by atoms with E-state index in [4.69, 9.17) is 0 Å². The van der Waals surface area contributed by atoms with Crippen molar-refractivity contribution >= 4 is 29.4 Å². The minimum atomic E-state index is -0.902. The van der Waals surface area contributed by atoms with Crippen LogP contribution < -0.4 is 10.7 Å². The fourth-order valence-corrected chi connectivity index (χ4v) is 2.47. The SMILES string of the molecule is CCc1cccc(CC)c1NC(=O)C(=O)N/N=C\c1ccc([N+](=O)[O-])cc1. The van der Waals surface area contributed by atoms with Crippen molar-refractivity contribution in [2.45, 2.75) is 26.7 Å². The summed E-state index contributed by atoms with van der Waals surface area (Å²) in [5.41, 5.74) is 5.20. The van der Waals surface area contributed by atoms with Crippen LogP contribution in [0.25, 0.3) is 0 Å². The number of non-ortho nitro benzene ring substituents is 1. The maximum absolute atomic E-state index is 12.1. The van der Waals surface area contributed by atoms with Gasteiger partial charge in [-0.25, -0.2) is 5.43 Å². The molecule has 0 heterocycles. The second-order valence-corrected chi connectivity index (χ2v) is 5.66. The van der Waals surface area contributed by atoms with Gasteiger partial charge in [-0.1, -0.05) is 32.0 Å². The fourth-order valence-electron chi connectivity index (χ4n) is 2.47. The van der Waals surface area contributed by atoms with Crippen LogP contribution in [0.1, 0.15) is 30.5 Å². The largest absolute Gasteiger partial charge is 0.329 e. The highest BCUT2D eigenvalue weighted by Gasteiger charge is 2.16. The Bertz CT molecular complexity index is 854. The Morgan fingerprint density at radius 3 is 2.15 bits per heavy atom. The smallest absolute Gasteiger partial charge is 0.317 e. The van der Waals surface area contributed by atoms with Crippen molar-refractivity contribution in [3.63, 3.8) is 0 Å². The van der Waals surface area contributed by atoms with Crippen LogP contribution in [0.2, 0.25) is 0 Å². The van der Waals surface area contributed by atoms with E-state index in [2.05, 4.69) is 15.8 Å². The van der Waals surface area contributed by atoms with Gasteiger partial charge in [0.2, 0.25) is 0 Å². The van der Waals surface area contributed by atoms with Crippen molar-refractivity contribution in [3.05, 3.63) is 69.3 Å². The summed E-state index contributed by atoms with van der Waals surface area (Å²) in [6.07, 6.45) is 2.75. The van der Waals surface area contributed by atoms with Gasteiger partial charge in [-0.05, 0) is 41.7 Å². The minimum absolute atomic E-state index is 0.0446. The molecule has 2 amide bonds. The Kier molecular flexibility index (Phi) is 6.76. The molecule has 2 rings (SSSR count). The normalized spacial score (nSPS) is 10.6. The Morgan fingerprint density at radius 1 is 1.04 bits per heavy atom. The highest BCUT2D eigenvalue weighted by Crippen LogP contribution is 2.22. The molecule has 2 aromatic carbocycles. The van der Waals surface area contributed by atoms with Gasteiger partial charge in [0, 0.05) is 17.8 Å². The Labute approximate surface area is 156 Å². The van der Waals surface area contributed by atoms with Crippen LogP contribution >= 0.6 is 0 Å². The summed E-state index contributed by atoms with van der Waals surface area (Å²) in [6, 6.07) is 11.3. The Hall–Kier alpha value is -3.55. The number of para-hydroxylation sites is 1. The van der Waals surface area contributed by atoms with Gasteiger partial charge in [0.1, 0.15) is 0 Å². The molecule has 8 nitrogen and oxygen atoms in total. The number of nitrogens with zero attached hydrogens (tertiary/aromatic N) is 2. The van der Waals surface area contributed by atoms with E-state index < -0.39 is 16.7 Å². The lowest BCUT2D eigenvalue weighted by Gasteiger charge is -2.13. The number of hydrogen-bond donors (Lipinski definition) is 2. The summed E-state index contributed by atoms with van der Waals surface area (Å²) < 4.78 is 0. The summed E-state index contributed by atoms with van der Waals surface area (Å²) in [7, 11) is 0. The van der Waals surface area contributed by atoms with Crippen LogP contribution in [0.4, 0.5) is 11.4 Å². The molecule has 0 atom stereocenters. The topological polar surface area (TPSA) is 114 Å². The zero-order valence-electron chi connectivity index (χ0n) is 15.1. The molecule has 0 aliphatic rings. The van der Waals surface area contributed by atoms with Gasteiger partial charge < -0.3 is 5.32 Å². The van der Waals surface area contributed by atoms with Crippen LogP contribution in [-0.4, -0.2) is 23.0 Å². The molecular weight excluding hydrogens is 348 g/mol. The van der Waals surface area contributed by atoms with E-state index in [1.165, 1.54) is 30.5 Å². The molecule has 0 bridgehead atoms. The average molecular weight is 368 g/mol. The fraction of sp³-hybridized carbons (Fsp3) is 0.211. The first-order valence-electron chi connectivity index (χ1n) is 8.45. The van der Waals surface area contributed by atoms with Crippen molar-refractivity contribution in [2.75, 3.05) is 5.32 Å². The molecule has 0 saturated heterocycles. The number of carbonyl (C=O) groups is 2. The van der Waals surface area contributed by atoms with E-state index >= 15 is 0 Å². The van der Waals surface area contributed by atoms with Gasteiger partial charge in [-0.15, -0.1) is 0 Å². The molecule has 8 heteroatoms. The highest BCUT2D eigenvalue weighted by atomic mass is 16.6. The van der Waals surface area contributed by atoms with Crippen LogP contribution in [0.5, 0.6) is 0 Å². The molecule has 140 valence electrons. The molecule has 0 aromatic heterocycles. The van der Waals surface area contributed by atoms with E-state index in [1.807, 2.05) is 32.0 Å². The number of amides is 2. The number of anilines is 1. The molecule has 0 fully saturated rings. The third-order valence-electron chi connectivity index (χ3n) is 3.93. The molecule has 0 aliphatic heterocycles. The summed E-state index contributed by atoms with van der Waals surface area (Å²) in [6.45, 7) is 3.94. The molecule has 2 N–H and O–H groups in total. The second kappa shape index (κ2) is 9.23. The van der Waals surface area contributed by atoms with Crippen molar-refractivity contribution in [1.82, 2.24) is 5.43 Å². The van der Waals surface area contributed by atoms with Gasteiger partial charge in [0.25, 0.3) is 5.69 Å². The average Bonchev–Trinajstić information content (AvgIpc) is 2.68. The van der Waals surface area contributed by atoms with Crippen molar-refractivity contribution < 1.29 is 14.5 Å². The third-order valence-corrected chi connectivity index (χ3v) is 3.93. The third kappa shape index (κ3) is 5.21. The number of nitrogens with one attached hydrogen (secondary N) is 2. The molecule has 0 radical (unpaired) electrons. The summed E-state index contributed by atoms with van der Waals surface area (Å²) in [5.74, 6) is -1.72. The van der Waals surface area contributed by atoms with Gasteiger partial charge in [0.05, 0.1) is 11.1 Å². The zero-order chi connectivity index (χ0) is 19.8. The monoisotopic (exact) mass is 368 g/mol. The van der Waals surface area contributed by atoms with Crippen LogP contribution in [-0.2, 0) is 22.4 Å². The Morgan fingerprint density at radius 2 is 1.63 bits per heavy atom. The second-order valence-electron chi connectivity index (χ2n) is 5.66. The van der Waals surface area contributed by atoms with Crippen LogP contribution in [0.3, 0.4) is 0 Å². The number of aryl methyl sites for hydroxylation is 2. The van der Waals surface area contributed by atoms with E-state index in [0.717, 1.165) is 24.0 Å². The summed E-state index contributed by atoms with van der Waals surface area (Å²) >= 11 is 0. The van der Waals surface area contributed by atoms with Crippen molar-refractivity contribution in [2.24, 2.45) is 5.10 Å².